The first-order valence-electron chi connectivity index (χ1n) is 7.73. The van der Waals surface area contributed by atoms with Crippen LogP contribution in [-0.4, -0.2) is 28.0 Å². The molecule has 0 aliphatic heterocycles. The van der Waals surface area contributed by atoms with E-state index in [4.69, 9.17) is 21.1 Å². The van der Waals surface area contributed by atoms with E-state index in [2.05, 4.69) is 15.4 Å². The third-order valence-electron chi connectivity index (χ3n) is 3.48. The third kappa shape index (κ3) is 3.97. The maximum absolute atomic E-state index is 11.9. The van der Waals surface area contributed by atoms with Crippen molar-refractivity contribution in [2.45, 2.75) is 13.5 Å². The third-order valence-corrected chi connectivity index (χ3v) is 3.85. The van der Waals surface area contributed by atoms with Crippen molar-refractivity contribution in [3.8, 4) is 17.0 Å². The Morgan fingerprint density at radius 3 is 2.80 bits per heavy atom. The van der Waals surface area contributed by atoms with Crippen LogP contribution >= 0.6 is 11.6 Å². The van der Waals surface area contributed by atoms with Gasteiger partial charge in [0, 0.05) is 16.1 Å². The van der Waals surface area contributed by atoms with Crippen molar-refractivity contribution in [1.29, 1.82) is 0 Å². The van der Waals surface area contributed by atoms with Crippen molar-refractivity contribution in [1.82, 2.24) is 15.4 Å². The maximum Gasteiger partial charge on any atom is 0.361 e. The molecule has 0 saturated heterocycles. The number of nitrogens with zero attached hydrogens (tertiary/aromatic N) is 2. The normalized spacial score (nSPS) is 10.5. The van der Waals surface area contributed by atoms with Gasteiger partial charge in [0.2, 0.25) is 0 Å². The summed E-state index contributed by atoms with van der Waals surface area (Å²) in [6.07, 6.45) is 0. The Labute approximate surface area is 149 Å². The number of rotatable bonds is 6. The zero-order chi connectivity index (χ0) is 17.6. The molecule has 2 aromatic carbocycles. The lowest BCUT2D eigenvalue weighted by Crippen LogP contribution is -2.06. The van der Waals surface area contributed by atoms with E-state index in [1.54, 1.807) is 13.0 Å². The van der Waals surface area contributed by atoms with Gasteiger partial charge in [-0.2, -0.15) is 10.3 Å². The average Bonchev–Trinajstić information content (AvgIpc) is 3.11. The van der Waals surface area contributed by atoms with Crippen molar-refractivity contribution >= 4 is 17.6 Å². The van der Waals surface area contributed by atoms with E-state index in [9.17, 15) is 4.79 Å². The van der Waals surface area contributed by atoms with Gasteiger partial charge >= 0.3 is 5.97 Å². The Hall–Kier alpha value is -2.86. The van der Waals surface area contributed by atoms with Gasteiger partial charge in [-0.15, -0.1) is 5.10 Å². The lowest BCUT2D eigenvalue weighted by Gasteiger charge is -2.09. The van der Waals surface area contributed by atoms with Crippen LogP contribution < -0.4 is 4.74 Å². The first-order valence-corrected chi connectivity index (χ1v) is 8.11. The molecule has 7 heteroatoms. The van der Waals surface area contributed by atoms with Crippen LogP contribution in [0, 0.1) is 0 Å². The van der Waals surface area contributed by atoms with E-state index in [1.807, 2.05) is 42.5 Å². The molecule has 1 N–H and O–H groups in total. The number of halogens is 1. The van der Waals surface area contributed by atoms with Gasteiger partial charge in [-0.25, -0.2) is 4.79 Å². The lowest BCUT2D eigenvalue weighted by molar-refractivity contribution is 0.0520. The summed E-state index contributed by atoms with van der Waals surface area (Å²) >= 11 is 6.13. The van der Waals surface area contributed by atoms with E-state index in [0.717, 1.165) is 5.56 Å². The highest BCUT2D eigenvalue weighted by Crippen LogP contribution is 2.26. The number of H-pyrrole nitrogens is 1. The predicted octanol–water partition coefficient (Wildman–Crippen LogP) is 3.88. The molecule has 1 heterocycles. The van der Waals surface area contributed by atoms with Crippen LogP contribution in [0.1, 0.15) is 23.0 Å². The zero-order valence-corrected chi connectivity index (χ0v) is 14.3. The zero-order valence-electron chi connectivity index (χ0n) is 13.5. The molecule has 3 rings (SSSR count). The summed E-state index contributed by atoms with van der Waals surface area (Å²) in [5.74, 6) is 0.115. The minimum Gasteiger partial charge on any atom is -0.489 e. The highest BCUT2D eigenvalue weighted by Gasteiger charge is 2.19. The number of hydrogen-bond donors (Lipinski definition) is 1. The molecule has 0 aliphatic carbocycles. The first-order chi connectivity index (χ1) is 12.2. The largest absolute Gasteiger partial charge is 0.489 e. The fourth-order valence-corrected chi connectivity index (χ4v) is 2.47. The number of benzene rings is 2. The summed E-state index contributed by atoms with van der Waals surface area (Å²) in [5.41, 5.74) is 2.16. The van der Waals surface area contributed by atoms with Crippen LogP contribution in [-0.2, 0) is 11.3 Å². The van der Waals surface area contributed by atoms with E-state index < -0.39 is 5.97 Å². The molecule has 0 unspecified atom stereocenters. The lowest BCUT2D eigenvalue weighted by atomic mass is 10.1. The Morgan fingerprint density at radius 1 is 1.16 bits per heavy atom. The van der Waals surface area contributed by atoms with Crippen LogP contribution in [0.5, 0.6) is 5.75 Å². The quantitative estimate of drug-likeness (QED) is 0.677. The summed E-state index contributed by atoms with van der Waals surface area (Å²) in [6, 6.07) is 14.8. The van der Waals surface area contributed by atoms with Crippen molar-refractivity contribution in [2.24, 2.45) is 0 Å². The van der Waals surface area contributed by atoms with Crippen LogP contribution in [0.2, 0.25) is 5.02 Å². The van der Waals surface area contributed by atoms with Crippen molar-refractivity contribution < 1.29 is 14.3 Å². The SMILES string of the molecule is CCOC(=O)c1n[nH]nc1-c1cccc(OCc2ccccc2Cl)c1. The number of aromatic amines is 1. The molecule has 0 saturated carbocycles. The molecule has 1 aromatic heterocycles. The number of carbonyl (C=O) groups excluding carboxylic acids is 1. The minimum absolute atomic E-state index is 0.144. The topological polar surface area (TPSA) is 77.1 Å². The first kappa shape index (κ1) is 17.0. The second-order valence-electron chi connectivity index (χ2n) is 5.15. The number of nitrogens with one attached hydrogen (secondary N) is 1. The van der Waals surface area contributed by atoms with Gasteiger partial charge in [0.15, 0.2) is 5.69 Å². The molecule has 128 valence electrons. The number of hydrogen-bond acceptors (Lipinski definition) is 5. The monoisotopic (exact) mass is 357 g/mol. The highest BCUT2D eigenvalue weighted by atomic mass is 35.5. The Bertz CT molecular complexity index is 879. The van der Waals surface area contributed by atoms with Crippen LogP contribution in [0.4, 0.5) is 0 Å². The standard InChI is InChI=1S/C18H16ClN3O3/c1-2-24-18(23)17-16(20-22-21-17)12-7-5-8-14(10-12)25-11-13-6-3-4-9-15(13)19/h3-10H,2,11H2,1H3,(H,20,21,22). The fraction of sp³-hybridized carbons (Fsp3) is 0.167. The molecule has 0 aliphatic rings. The number of aromatic nitrogens is 3. The molecule has 0 spiro atoms. The second-order valence-corrected chi connectivity index (χ2v) is 5.56. The summed E-state index contributed by atoms with van der Waals surface area (Å²) in [4.78, 5) is 11.9. The second kappa shape index (κ2) is 7.81. The van der Waals surface area contributed by atoms with E-state index >= 15 is 0 Å². The molecule has 0 radical (unpaired) electrons. The van der Waals surface area contributed by atoms with Gasteiger partial charge in [0.1, 0.15) is 18.1 Å². The van der Waals surface area contributed by atoms with Crippen LogP contribution in [0.15, 0.2) is 48.5 Å². The molecule has 0 amide bonds. The number of esters is 1. The minimum atomic E-state index is -0.520. The molecule has 0 bridgehead atoms. The van der Waals surface area contributed by atoms with Crippen molar-refractivity contribution in [3.63, 3.8) is 0 Å². The van der Waals surface area contributed by atoms with E-state index in [0.29, 0.717) is 28.6 Å². The summed E-state index contributed by atoms with van der Waals surface area (Å²) < 4.78 is 10.8. The Kier molecular flexibility index (Phi) is 5.30. The average molecular weight is 358 g/mol. The molecule has 0 atom stereocenters. The molecular weight excluding hydrogens is 342 g/mol. The van der Waals surface area contributed by atoms with Crippen LogP contribution in [0.3, 0.4) is 0 Å². The molecule has 6 nitrogen and oxygen atoms in total. The summed E-state index contributed by atoms with van der Waals surface area (Å²) in [5, 5.41) is 11.0. The number of ether oxygens (including phenoxy) is 2. The summed E-state index contributed by atoms with van der Waals surface area (Å²) in [6.45, 7) is 2.35. The Morgan fingerprint density at radius 2 is 2.00 bits per heavy atom. The predicted molar refractivity (Wildman–Crippen MR) is 93.6 cm³/mol. The maximum atomic E-state index is 11.9. The highest BCUT2D eigenvalue weighted by molar-refractivity contribution is 6.31. The van der Waals surface area contributed by atoms with Crippen molar-refractivity contribution in [3.05, 3.63) is 64.8 Å². The van der Waals surface area contributed by atoms with Gasteiger partial charge in [-0.3, -0.25) is 0 Å². The smallest absolute Gasteiger partial charge is 0.361 e. The number of carbonyl (C=O) groups is 1. The van der Waals surface area contributed by atoms with Gasteiger partial charge in [0.25, 0.3) is 0 Å². The van der Waals surface area contributed by atoms with Gasteiger partial charge < -0.3 is 9.47 Å². The molecule has 0 fully saturated rings. The fourth-order valence-electron chi connectivity index (χ4n) is 2.28. The van der Waals surface area contributed by atoms with Gasteiger partial charge in [-0.05, 0) is 25.1 Å². The van der Waals surface area contributed by atoms with E-state index in [-0.39, 0.29) is 12.3 Å². The van der Waals surface area contributed by atoms with E-state index in [1.165, 1.54) is 0 Å². The van der Waals surface area contributed by atoms with Gasteiger partial charge in [0.05, 0.1) is 6.61 Å². The van der Waals surface area contributed by atoms with Gasteiger partial charge in [-0.1, -0.05) is 41.9 Å². The van der Waals surface area contributed by atoms with Crippen LogP contribution in [0.25, 0.3) is 11.3 Å². The summed E-state index contributed by atoms with van der Waals surface area (Å²) in [7, 11) is 0. The molecule has 3 aromatic rings. The Balaban J connectivity index is 1.80. The molecule has 25 heavy (non-hydrogen) atoms. The van der Waals surface area contributed by atoms with Crippen molar-refractivity contribution in [2.75, 3.05) is 6.61 Å². The molecular formula is C18H16ClN3O3.